The van der Waals surface area contributed by atoms with E-state index in [0.29, 0.717) is 17.9 Å². The number of hydrogen-bond donors (Lipinski definition) is 2. The van der Waals surface area contributed by atoms with E-state index in [1.807, 2.05) is 0 Å². The number of nitrogens with two attached hydrogens (primary N) is 2. The van der Waals surface area contributed by atoms with E-state index in [2.05, 4.69) is 31.9 Å². The van der Waals surface area contributed by atoms with Gasteiger partial charge in [0.1, 0.15) is 23.0 Å². The molecular weight excluding hydrogens is 454 g/mol. The average Bonchev–Trinajstić information content (AvgIpc) is 3.43. The van der Waals surface area contributed by atoms with Crippen molar-refractivity contribution in [3.8, 4) is 11.3 Å². The molecule has 0 radical (unpaired) electrons. The minimum absolute atomic E-state index is 0.0180. The molecule has 0 bridgehead atoms. The van der Waals surface area contributed by atoms with Crippen LogP contribution in [0, 0.1) is 12.7 Å². The van der Waals surface area contributed by atoms with Gasteiger partial charge in [0.15, 0.2) is 17.3 Å². The van der Waals surface area contributed by atoms with Gasteiger partial charge in [-0.1, -0.05) is 6.92 Å². The average molecular weight is 479 g/mol. The zero-order valence-corrected chi connectivity index (χ0v) is 18.7. The quantitative estimate of drug-likeness (QED) is 0.432. The normalized spacial score (nSPS) is 16.5. The number of rotatable bonds is 4. The van der Waals surface area contributed by atoms with Crippen LogP contribution in [0.25, 0.3) is 27.9 Å². The molecular formula is C21H25F4N9. The highest BCUT2D eigenvalue weighted by atomic mass is 19.3. The third-order valence-electron chi connectivity index (χ3n) is 5.65. The van der Waals surface area contributed by atoms with E-state index in [1.54, 1.807) is 13.0 Å². The molecule has 1 fully saturated rings. The first-order chi connectivity index (χ1) is 16.2. The number of likely N-dealkylation sites (tertiary alicyclic amines) is 1. The number of anilines is 2. The van der Waals surface area contributed by atoms with Crippen LogP contribution in [0.4, 0.5) is 29.3 Å². The number of hydrogen-bond acceptors (Lipinski definition) is 7. The predicted octanol–water partition coefficient (Wildman–Crippen LogP) is 3.07. The van der Waals surface area contributed by atoms with Gasteiger partial charge in [0.2, 0.25) is 5.95 Å². The highest BCUT2D eigenvalue weighted by Crippen LogP contribution is 2.31. The van der Waals surface area contributed by atoms with Crippen molar-refractivity contribution in [1.82, 2.24) is 34.0 Å². The van der Waals surface area contributed by atoms with Crippen LogP contribution in [0.1, 0.15) is 19.2 Å². The van der Waals surface area contributed by atoms with E-state index in [4.69, 9.17) is 11.5 Å². The summed E-state index contributed by atoms with van der Waals surface area (Å²) in [4.78, 5) is 14.5. The van der Waals surface area contributed by atoms with E-state index in [-0.39, 0.29) is 34.2 Å². The van der Waals surface area contributed by atoms with Crippen molar-refractivity contribution in [2.24, 2.45) is 0 Å². The zero-order chi connectivity index (χ0) is 24.6. The number of halogens is 4. The maximum absolute atomic E-state index is 14.6. The summed E-state index contributed by atoms with van der Waals surface area (Å²) in [7, 11) is 0. The van der Waals surface area contributed by atoms with Crippen LogP contribution in [0.2, 0.25) is 0 Å². The fourth-order valence-corrected chi connectivity index (χ4v) is 4.02. The van der Waals surface area contributed by atoms with Crippen LogP contribution in [-0.2, 0) is 6.54 Å². The number of fused-ring (bicyclic) bond motifs is 2. The first kappa shape index (κ1) is 23.7. The Hall–Kier alpha value is -3.48. The Morgan fingerprint density at radius 1 is 1.18 bits per heavy atom. The number of imidazole rings is 1. The van der Waals surface area contributed by atoms with Gasteiger partial charge in [-0.25, -0.2) is 32.0 Å². The lowest BCUT2D eigenvalue weighted by atomic mass is 10.1. The number of pyridine rings is 1. The van der Waals surface area contributed by atoms with Crippen molar-refractivity contribution in [2.75, 3.05) is 31.1 Å². The van der Waals surface area contributed by atoms with Crippen molar-refractivity contribution < 1.29 is 17.6 Å². The van der Waals surface area contributed by atoms with E-state index in [1.165, 1.54) is 15.1 Å². The molecule has 1 saturated heterocycles. The Morgan fingerprint density at radius 2 is 1.94 bits per heavy atom. The Kier molecular flexibility index (Phi) is 6.55. The Balaban J connectivity index is 0.000000291. The lowest BCUT2D eigenvalue weighted by molar-refractivity contribution is 0.127. The number of nitrogens with zero attached hydrogens (tertiary/aromatic N) is 7. The third-order valence-corrected chi connectivity index (χ3v) is 5.65. The van der Waals surface area contributed by atoms with Gasteiger partial charge in [0.05, 0.1) is 24.0 Å². The summed E-state index contributed by atoms with van der Waals surface area (Å²) in [6.45, 7) is 5.73. The summed E-state index contributed by atoms with van der Waals surface area (Å²) in [5, 5.41) is 3.89. The Labute approximate surface area is 192 Å². The zero-order valence-electron chi connectivity index (χ0n) is 18.7. The van der Waals surface area contributed by atoms with Crippen LogP contribution in [-0.4, -0.2) is 66.3 Å². The van der Waals surface area contributed by atoms with E-state index in [9.17, 15) is 17.6 Å². The molecule has 5 heterocycles. The minimum atomic E-state index is -2.57. The van der Waals surface area contributed by atoms with E-state index >= 15 is 0 Å². The fourth-order valence-electron chi connectivity index (χ4n) is 4.02. The molecule has 182 valence electrons. The van der Waals surface area contributed by atoms with E-state index in [0.717, 1.165) is 25.7 Å². The number of nitrogen functional groups attached to an aromatic ring is 2. The molecule has 13 heteroatoms. The van der Waals surface area contributed by atoms with Crippen LogP contribution in [0.15, 0.2) is 18.3 Å². The lowest BCUT2D eigenvalue weighted by Crippen LogP contribution is -2.19. The first-order valence-electron chi connectivity index (χ1n) is 10.8. The molecule has 0 aliphatic carbocycles. The summed E-state index contributed by atoms with van der Waals surface area (Å²) in [5.74, 6) is -0.371. The largest absolute Gasteiger partial charge is 0.382 e. The maximum Gasteiger partial charge on any atom is 0.256 e. The molecule has 9 nitrogen and oxygen atoms in total. The van der Waals surface area contributed by atoms with Gasteiger partial charge < -0.3 is 20.9 Å². The van der Waals surface area contributed by atoms with Gasteiger partial charge in [-0.05, 0) is 32.0 Å². The van der Waals surface area contributed by atoms with Crippen LogP contribution < -0.4 is 11.5 Å². The maximum atomic E-state index is 14.6. The summed E-state index contributed by atoms with van der Waals surface area (Å²) >= 11 is 0. The van der Waals surface area contributed by atoms with Crippen LogP contribution in [0.3, 0.4) is 0 Å². The molecule has 4 aromatic heterocycles. The Morgan fingerprint density at radius 3 is 2.56 bits per heavy atom. The van der Waals surface area contributed by atoms with Gasteiger partial charge in [0, 0.05) is 13.1 Å². The molecule has 0 amide bonds. The van der Waals surface area contributed by atoms with Gasteiger partial charge in [-0.15, -0.1) is 5.10 Å². The molecule has 4 aromatic rings. The number of alkyl halides is 3. The molecule has 1 atom stereocenters. The van der Waals surface area contributed by atoms with Crippen molar-refractivity contribution >= 4 is 28.4 Å². The molecule has 0 spiro atoms. The molecule has 0 saturated carbocycles. The van der Waals surface area contributed by atoms with Crippen LogP contribution >= 0.6 is 0 Å². The van der Waals surface area contributed by atoms with Crippen molar-refractivity contribution in [3.05, 3.63) is 30.0 Å². The number of aromatic nitrogens is 6. The second-order valence-electron chi connectivity index (χ2n) is 7.98. The summed E-state index contributed by atoms with van der Waals surface area (Å²) in [6, 6.07) is 3.12. The number of aryl methyl sites for hydroxylation is 1. The molecule has 1 aliphatic rings. The van der Waals surface area contributed by atoms with Gasteiger partial charge in [0.25, 0.3) is 6.43 Å². The Bertz CT molecular complexity index is 1320. The summed E-state index contributed by atoms with van der Waals surface area (Å²) in [6.07, 6.45) is -1.27. The smallest absolute Gasteiger partial charge is 0.256 e. The summed E-state index contributed by atoms with van der Waals surface area (Å²) in [5.41, 5.74) is 12.5. The minimum Gasteiger partial charge on any atom is -0.382 e. The second-order valence-corrected chi connectivity index (χ2v) is 7.98. The standard InChI is InChI=1S/C15H13F3N8.C6H12FN/c1-6-21-9-3-2-8(22-14(9)25(6)5-10(17)18)11-7(16)4-26-12(11)13(19)23-15(20)24-26;1-2-8-4-3-6(7)5-8/h2-4,10H,5H2,1H3,(H4,19,20,23,24);6H,2-5H2,1H3/t;6-/m.1/s1. The lowest BCUT2D eigenvalue weighted by Gasteiger charge is -2.08. The monoisotopic (exact) mass is 479 g/mol. The van der Waals surface area contributed by atoms with Crippen molar-refractivity contribution in [2.45, 2.75) is 39.4 Å². The molecule has 4 N–H and O–H groups in total. The fraction of sp³-hybridized carbons (Fsp3) is 0.429. The highest BCUT2D eigenvalue weighted by molar-refractivity contribution is 5.88. The SMILES string of the molecule is CCN1CC[C@@H](F)C1.Cc1nc2ccc(-c3c(F)cn4nc(N)nc(N)c34)nc2n1CC(F)F. The highest BCUT2D eigenvalue weighted by Gasteiger charge is 2.21. The third kappa shape index (κ3) is 4.60. The van der Waals surface area contributed by atoms with Crippen LogP contribution in [0.5, 0.6) is 0 Å². The molecule has 0 unspecified atom stereocenters. The predicted molar refractivity (Wildman–Crippen MR) is 121 cm³/mol. The molecule has 1 aliphatic heterocycles. The molecule has 0 aromatic carbocycles. The topological polar surface area (TPSA) is 116 Å². The second kappa shape index (κ2) is 9.41. The first-order valence-corrected chi connectivity index (χ1v) is 10.8. The summed E-state index contributed by atoms with van der Waals surface area (Å²) < 4.78 is 55.1. The van der Waals surface area contributed by atoms with Gasteiger partial charge in [-0.2, -0.15) is 4.98 Å². The van der Waals surface area contributed by atoms with E-state index < -0.39 is 25.0 Å². The molecule has 34 heavy (non-hydrogen) atoms. The van der Waals surface area contributed by atoms with Crippen molar-refractivity contribution in [3.63, 3.8) is 0 Å². The van der Waals surface area contributed by atoms with Gasteiger partial charge in [-0.3, -0.25) is 0 Å². The molecule has 5 rings (SSSR count). The van der Waals surface area contributed by atoms with Crippen molar-refractivity contribution in [1.29, 1.82) is 0 Å². The van der Waals surface area contributed by atoms with Gasteiger partial charge >= 0.3 is 0 Å².